The van der Waals surface area contributed by atoms with Crippen LogP contribution < -0.4 is 5.73 Å². The van der Waals surface area contributed by atoms with Crippen LogP contribution in [-0.2, 0) is 0 Å². The van der Waals surface area contributed by atoms with Crippen molar-refractivity contribution in [2.75, 3.05) is 13.1 Å². The second kappa shape index (κ2) is 5.33. The molecule has 0 spiro atoms. The van der Waals surface area contributed by atoms with Gasteiger partial charge in [-0.3, -0.25) is 4.90 Å². The van der Waals surface area contributed by atoms with E-state index in [0.29, 0.717) is 24.4 Å². The predicted molar refractivity (Wildman–Crippen MR) is 57.6 cm³/mol. The van der Waals surface area contributed by atoms with Gasteiger partial charge in [0.1, 0.15) is 0 Å². The highest BCUT2D eigenvalue weighted by Crippen LogP contribution is 2.25. The van der Waals surface area contributed by atoms with Crippen LogP contribution in [0.5, 0.6) is 0 Å². The largest absolute Gasteiger partial charge is 0.329 e. The number of hydrogen-bond donors (Lipinski definition) is 1. The van der Waals surface area contributed by atoms with Gasteiger partial charge in [-0.1, -0.05) is 6.92 Å². The molecule has 0 aliphatic carbocycles. The Hall–Kier alpha value is -0.590. The fourth-order valence-electron chi connectivity index (χ4n) is 2.45. The van der Waals surface area contributed by atoms with E-state index in [1.54, 1.807) is 0 Å². The van der Waals surface area contributed by atoms with Gasteiger partial charge in [0.2, 0.25) is 0 Å². The number of piperidine rings is 1. The van der Waals surface area contributed by atoms with Gasteiger partial charge in [0.15, 0.2) is 0 Å². The molecular formula is C11H21N3. The zero-order valence-electron chi connectivity index (χ0n) is 9.24. The summed E-state index contributed by atoms with van der Waals surface area (Å²) < 4.78 is 0. The molecule has 1 aliphatic heterocycles. The SMILES string of the molecule is CC1CCCN(C(C)CC#N)C1CN. The average Bonchev–Trinajstić information content (AvgIpc) is 2.17. The Labute approximate surface area is 86.9 Å². The lowest BCUT2D eigenvalue weighted by molar-refractivity contribution is 0.0710. The van der Waals surface area contributed by atoms with Crippen LogP contribution in [0.1, 0.15) is 33.1 Å². The predicted octanol–water partition coefficient (Wildman–Crippen LogP) is 1.35. The van der Waals surface area contributed by atoms with Crippen molar-refractivity contribution in [2.24, 2.45) is 11.7 Å². The quantitative estimate of drug-likeness (QED) is 0.739. The average molecular weight is 195 g/mol. The Balaban J connectivity index is 2.60. The van der Waals surface area contributed by atoms with Gasteiger partial charge in [-0.25, -0.2) is 0 Å². The first-order chi connectivity index (χ1) is 6.70. The Morgan fingerprint density at radius 3 is 2.93 bits per heavy atom. The van der Waals surface area contributed by atoms with Crippen molar-refractivity contribution in [1.29, 1.82) is 5.26 Å². The molecule has 1 saturated heterocycles. The van der Waals surface area contributed by atoms with E-state index in [9.17, 15) is 0 Å². The summed E-state index contributed by atoms with van der Waals surface area (Å²) >= 11 is 0. The van der Waals surface area contributed by atoms with Gasteiger partial charge in [-0.05, 0) is 32.2 Å². The van der Waals surface area contributed by atoms with Gasteiger partial charge in [-0.2, -0.15) is 5.26 Å². The molecule has 3 atom stereocenters. The summed E-state index contributed by atoms with van der Waals surface area (Å²) in [7, 11) is 0. The molecule has 0 amide bonds. The van der Waals surface area contributed by atoms with Gasteiger partial charge in [0.25, 0.3) is 0 Å². The second-order valence-corrected chi connectivity index (χ2v) is 4.37. The third-order valence-electron chi connectivity index (χ3n) is 3.35. The minimum absolute atomic E-state index is 0.358. The maximum atomic E-state index is 8.68. The Bertz CT molecular complexity index is 209. The third-order valence-corrected chi connectivity index (χ3v) is 3.35. The summed E-state index contributed by atoms with van der Waals surface area (Å²) in [5, 5.41) is 8.68. The van der Waals surface area contributed by atoms with E-state index < -0.39 is 0 Å². The molecule has 1 aliphatic rings. The van der Waals surface area contributed by atoms with Crippen LogP contribution in [-0.4, -0.2) is 30.1 Å². The highest BCUT2D eigenvalue weighted by Gasteiger charge is 2.30. The summed E-state index contributed by atoms with van der Waals surface area (Å²) in [5.74, 6) is 0.676. The maximum absolute atomic E-state index is 8.68. The fraction of sp³-hybridized carbons (Fsp3) is 0.909. The molecule has 1 rings (SSSR count). The molecule has 1 fully saturated rings. The lowest BCUT2D eigenvalue weighted by Crippen LogP contribution is -2.52. The highest BCUT2D eigenvalue weighted by atomic mass is 15.2. The van der Waals surface area contributed by atoms with Crippen molar-refractivity contribution < 1.29 is 0 Å². The Morgan fingerprint density at radius 1 is 1.64 bits per heavy atom. The van der Waals surface area contributed by atoms with E-state index in [1.165, 1.54) is 12.8 Å². The number of hydrogen-bond acceptors (Lipinski definition) is 3. The van der Waals surface area contributed by atoms with Crippen LogP contribution in [0.25, 0.3) is 0 Å². The molecule has 3 unspecified atom stereocenters. The van der Waals surface area contributed by atoms with Crippen molar-refractivity contribution in [2.45, 2.75) is 45.2 Å². The molecule has 3 nitrogen and oxygen atoms in total. The van der Waals surface area contributed by atoms with E-state index in [4.69, 9.17) is 11.0 Å². The molecular weight excluding hydrogens is 174 g/mol. The van der Waals surface area contributed by atoms with Gasteiger partial charge in [0, 0.05) is 18.6 Å². The second-order valence-electron chi connectivity index (χ2n) is 4.37. The standard InChI is InChI=1S/C11H21N3/c1-9-4-3-7-14(11(9)8-13)10(2)5-6-12/h9-11H,3-5,7-8,13H2,1-2H3. The number of likely N-dealkylation sites (tertiary alicyclic amines) is 1. The first-order valence-corrected chi connectivity index (χ1v) is 5.53. The van der Waals surface area contributed by atoms with Gasteiger partial charge < -0.3 is 5.73 Å². The first kappa shape index (κ1) is 11.5. The zero-order chi connectivity index (χ0) is 10.6. The minimum atomic E-state index is 0.358. The zero-order valence-corrected chi connectivity index (χ0v) is 9.24. The number of nitriles is 1. The molecule has 0 saturated carbocycles. The van der Waals surface area contributed by atoms with Crippen molar-refractivity contribution >= 4 is 0 Å². The molecule has 80 valence electrons. The van der Waals surface area contributed by atoms with Crippen molar-refractivity contribution in [3.63, 3.8) is 0 Å². The number of rotatable bonds is 3. The van der Waals surface area contributed by atoms with Crippen LogP contribution in [0, 0.1) is 17.2 Å². The monoisotopic (exact) mass is 195 g/mol. The molecule has 2 N–H and O–H groups in total. The molecule has 14 heavy (non-hydrogen) atoms. The fourth-order valence-corrected chi connectivity index (χ4v) is 2.45. The van der Waals surface area contributed by atoms with Gasteiger partial charge >= 0.3 is 0 Å². The van der Waals surface area contributed by atoms with Crippen LogP contribution in [0.2, 0.25) is 0 Å². The van der Waals surface area contributed by atoms with Crippen LogP contribution in [0.15, 0.2) is 0 Å². The first-order valence-electron chi connectivity index (χ1n) is 5.53. The summed E-state index contributed by atoms with van der Waals surface area (Å²) in [6.45, 7) is 6.22. The molecule has 0 aromatic carbocycles. The number of nitrogens with two attached hydrogens (primary N) is 1. The topological polar surface area (TPSA) is 53.0 Å². The van der Waals surface area contributed by atoms with E-state index in [-0.39, 0.29) is 0 Å². The van der Waals surface area contributed by atoms with E-state index in [1.807, 2.05) is 0 Å². The third kappa shape index (κ3) is 2.46. The summed E-state index contributed by atoms with van der Waals surface area (Å²) in [6.07, 6.45) is 3.13. The van der Waals surface area contributed by atoms with Crippen LogP contribution in [0.4, 0.5) is 0 Å². The molecule has 0 radical (unpaired) electrons. The van der Waals surface area contributed by atoms with Crippen LogP contribution >= 0.6 is 0 Å². The smallest absolute Gasteiger partial charge is 0.0638 e. The molecule has 3 heteroatoms. The molecule has 0 bridgehead atoms. The molecule has 1 heterocycles. The normalized spacial score (nSPS) is 31.0. The summed E-state index contributed by atoms with van der Waals surface area (Å²) in [4.78, 5) is 2.41. The van der Waals surface area contributed by atoms with E-state index in [0.717, 1.165) is 13.1 Å². The minimum Gasteiger partial charge on any atom is -0.329 e. The molecule has 0 aromatic heterocycles. The lowest BCUT2D eigenvalue weighted by Gasteiger charge is -2.42. The Morgan fingerprint density at radius 2 is 2.36 bits per heavy atom. The maximum Gasteiger partial charge on any atom is 0.0638 e. The highest BCUT2D eigenvalue weighted by molar-refractivity contribution is 4.89. The molecule has 0 aromatic rings. The van der Waals surface area contributed by atoms with E-state index >= 15 is 0 Å². The van der Waals surface area contributed by atoms with Gasteiger partial charge in [0.05, 0.1) is 12.5 Å². The van der Waals surface area contributed by atoms with Crippen molar-refractivity contribution in [3.8, 4) is 6.07 Å². The summed E-state index contributed by atoms with van der Waals surface area (Å²) in [5.41, 5.74) is 5.79. The Kier molecular flexibility index (Phi) is 4.37. The van der Waals surface area contributed by atoms with Crippen molar-refractivity contribution in [3.05, 3.63) is 0 Å². The van der Waals surface area contributed by atoms with Gasteiger partial charge in [-0.15, -0.1) is 0 Å². The summed E-state index contributed by atoms with van der Waals surface area (Å²) in [6, 6.07) is 3.08. The van der Waals surface area contributed by atoms with Crippen LogP contribution in [0.3, 0.4) is 0 Å². The van der Waals surface area contributed by atoms with Crippen molar-refractivity contribution in [1.82, 2.24) is 4.90 Å². The lowest BCUT2D eigenvalue weighted by atomic mass is 9.89. The van der Waals surface area contributed by atoms with E-state index in [2.05, 4.69) is 24.8 Å². The number of nitrogens with zero attached hydrogens (tertiary/aromatic N) is 2.